The van der Waals surface area contributed by atoms with Crippen LogP contribution in [0.1, 0.15) is 48.0 Å². The Labute approximate surface area is 89.0 Å². The van der Waals surface area contributed by atoms with Crippen LogP contribution >= 0.6 is 0 Å². The van der Waals surface area contributed by atoms with Crippen molar-refractivity contribution in [1.82, 2.24) is 0 Å². The van der Waals surface area contributed by atoms with Gasteiger partial charge in [0.05, 0.1) is 11.0 Å². The van der Waals surface area contributed by atoms with E-state index in [1.165, 1.54) is 0 Å². The third-order valence-electron chi connectivity index (χ3n) is 2.87. The van der Waals surface area contributed by atoms with Crippen LogP contribution in [0, 0.1) is 11.3 Å². The summed E-state index contributed by atoms with van der Waals surface area (Å²) in [5, 5.41) is -0.251. The molecular weight excluding hydrogens is 196 g/mol. The molecule has 0 spiro atoms. The average Bonchev–Trinajstić information content (AvgIpc) is 1.97. The van der Waals surface area contributed by atoms with E-state index >= 15 is 0 Å². The minimum absolute atomic E-state index is 0.0801. The van der Waals surface area contributed by atoms with Crippen LogP contribution in [0.4, 0.5) is 0 Å². The fourth-order valence-corrected chi connectivity index (χ4v) is 3.13. The first-order valence-corrected chi connectivity index (χ1v) is 7.04. The second kappa shape index (κ2) is 4.65. The Bertz CT molecular complexity index is 258. The number of hydrogen-bond acceptors (Lipinski definition) is 2. The largest absolute Gasteiger partial charge is 0.229 e. The van der Waals surface area contributed by atoms with Gasteiger partial charge >= 0.3 is 0 Å². The molecule has 3 heteroatoms. The summed E-state index contributed by atoms with van der Waals surface area (Å²) in [7, 11) is -2.89. The van der Waals surface area contributed by atoms with Gasteiger partial charge in [0.2, 0.25) is 0 Å². The smallest absolute Gasteiger partial charge is 0.152 e. The normalized spacial score (nSPS) is 15.9. The zero-order valence-corrected chi connectivity index (χ0v) is 11.1. The van der Waals surface area contributed by atoms with Crippen molar-refractivity contribution in [1.29, 1.82) is 0 Å². The van der Waals surface area contributed by atoms with Crippen LogP contribution in [0.15, 0.2) is 0 Å². The summed E-state index contributed by atoms with van der Waals surface area (Å²) < 4.78 is 23.5. The molecular formula is C11H24O2S. The Kier molecular flexibility index (Phi) is 4.63. The number of rotatable bonds is 4. The SMILES string of the molecule is CC[C@@H](CS(=O)(=O)C(C)C)C(C)(C)C. The molecule has 0 heterocycles. The highest BCUT2D eigenvalue weighted by molar-refractivity contribution is 7.91. The van der Waals surface area contributed by atoms with Crippen molar-refractivity contribution in [2.24, 2.45) is 11.3 Å². The molecule has 0 bridgehead atoms. The van der Waals surface area contributed by atoms with Gasteiger partial charge in [-0.15, -0.1) is 0 Å². The maximum absolute atomic E-state index is 11.7. The fraction of sp³-hybridized carbons (Fsp3) is 1.00. The van der Waals surface area contributed by atoms with Gasteiger partial charge in [-0.3, -0.25) is 0 Å². The van der Waals surface area contributed by atoms with Crippen LogP contribution in [0.25, 0.3) is 0 Å². The van der Waals surface area contributed by atoms with Gasteiger partial charge in [-0.2, -0.15) is 0 Å². The van der Waals surface area contributed by atoms with Gasteiger partial charge in [0.1, 0.15) is 0 Å². The monoisotopic (exact) mass is 220 g/mol. The zero-order chi connectivity index (χ0) is 11.6. The molecule has 0 radical (unpaired) electrons. The Morgan fingerprint density at radius 1 is 1.14 bits per heavy atom. The summed E-state index contributed by atoms with van der Waals surface area (Å²) in [5.41, 5.74) is 0.0801. The van der Waals surface area contributed by atoms with Crippen LogP contribution in [0.2, 0.25) is 0 Å². The van der Waals surface area contributed by atoms with Gasteiger partial charge in [0, 0.05) is 0 Å². The first-order valence-electron chi connectivity index (χ1n) is 5.32. The molecule has 0 aliphatic rings. The summed E-state index contributed by atoms with van der Waals surface area (Å²) in [5.74, 6) is 0.583. The minimum Gasteiger partial charge on any atom is -0.229 e. The fourth-order valence-electron chi connectivity index (χ4n) is 1.45. The highest BCUT2D eigenvalue weighted by Gasteiger charge is 2.29. The van der Waals surface area contributed by atoms with Crippen molar-refractivity contribution in [2.75, 3.05) is 5.75 Å². The van der Waals surface area contributed by atoms with Crippen molar-refractivity contribution in [2.45, 2.75) is 53.2 Å². The standard InChI is InChI=1S/C11H24O2S/c1-7-10(11(4,5)6)8-14(12,13)9(2)3/h9-10H,7-8H2,1-6H3/t10-/m0/s1. The Morgan fingerprint density at radius 3 is 1.79 bits per heavy atom. The first kappa shape index (κ1) is 13.9. The van der Waals surface area contributed by atoms with Crippen LogP contribution < -0.4 is 0 Å². The molecule has 0 unspecified atom stereocenters. The van der Waals surface area contributed by atoms with E-state index in [9.17, 15) is 8.42 Å². The van der Waals surface area contributed by atoms with Gasteiger partial charge in [0.25, 0.3) is 0 Å². The molecule has 0 amide bonds. The third-order valence-corrected chi connectivity index (χ3v) is 5.17. The van der Waals surface area contributed by atoms with E-state index in [0.717, 1.165) is 6.42 Å². The van der Waals surface area contributed by atoms with Crippen LogP contribution in [-0.4, -0.2) is 19.4 Å². The molecule has 0 aromatic heterocycles. The Hall–Kier alpha value is -0.0500. The first-order chi connectivity index (χ1) is 6.11. The molecule has 0 saturated carbocycles. The van der Waals surface area contributed by atoms with Crippen LogP contribution in [-0.2, 0) is 9.84 Å². The zero-order valence-electron chi connectivity index (χ0n) is 10.3. The van der Waals surface area contributed by atoms with Crippen molar-refractivity contribution in [3.05, 3.63) is 0 Å². The Morgan fingerprint density at radius 2 is 1.57 bits per heavy atom. The predicted molar refractivity (Wildman–Crippen MR) is 62.2 cm³/mol. The molecule has 86 valence electrons. The predicted octanol–water partition coefficient (Wildman–Crippen LogP) is 2.88. The van der Waals surface area contributed by atoms with E-state index in [1.807, 2.05) is 0 Å². The summed E-state index contributed by atoms with van der Waals surface area (Å²) >= 11 is 0. The Balaban J connectivity index is 4.65. The molecule has 0 N–H and O–H groups in total. The van der Waals surface area contributed by atoms with Gasteiger partial charge in [-0.25, -0.2) is 8.42 Å². The molecule has 0 fully saturated rings. The van der Waals surface area contributed by atoms with Crippen molar-refractivity contribution in [3.63, 3.8) is 0 Å². The topological polar surface area (TPSA) is 34.1 Å². The molecule has 0 aliphatic carbocycles. The summed E-state index contributed by atoms with van der Waals surface area (Å²) in [4.78, 5) is 0. The van der Waals surface area contributed by atoms with E-state index in [4.69, 9.17) is 0 Å². The average molecular weight is 220 g/mol. The third kappa shape index (κ3) is 3.99. The lowest BCUT2D eigenvalue weighted by molar-refractivity contribution is 0.256. The summed E-state index contributed by atoms with van der Waals surface area (Å²) in [6, 6.07) is 0. The lowest BCUT2D eigenvalue weighted by Gasteiger charge is -2.30. The molecule has 0 aromatic rings. The van der Waals surface area contributed by atoms with Gasteiger partial charge < -0.3 is 0 Å². The highest BCUT2D eigenvalue weighted by atomic mass is 32.2. The second-order valence-electron chi connectivity index (χ2n) is 5.35. The quantitative estimate of drug-likeness (QED) is 0.730. The molecule has 0 rings (SSSR count). The van der Waals surface area contributed by atoms with Crippen LogP contribution in [0.5, 0.6) is 0 Å². The van der Waals surface area contributed by atoms with E-state index in [2.05, 4.69) is 27.7 Å². The summed E-state index contributed by atoms with van der Waals surface area (Å²) in [6.07, 6.45) is 0.926. The van der Waals surface area contributed by atoms with Gasteiger partial charge in [0.15, 0.2) is 9.84 Å². The van der Waals surface area contributed by atoms with Crippen molar-refractivity contribution in [3.8, 4) is 0 Å². The lowest BCUT2D eigenvalue weighted by Crippen LogP contribution is -2.30. The van der Waals surface area contributed by atoms with E-state index in [1.54, 1.807) is 13.8 Å². The van der Waals surface area contributed by atoms with Gasteiger partial charge in [-0.1, -0.05) is 34.1 Å². The molecule has 14 heavy (non-hydrogen) atoms. The van der Waals surface area contributed by atoms with E-state index < -0.39 is 9.84 Å². The minimum atomic E-state index is -2.89. The second-order valence-corrected chi connectivity index (χ2v) is 7.95. The van der Waals surface area contributed by atoms with Crippen molar-refractivity contribution < 1.29 is 8.42 Å². The maximum Gasteiger partial charge on any atom is 0.152 e. The molecule has 2 nitrogen and oxygen atoms in total. The molecule has 1 atom stereocenters. The van der Waals surface area contributed by atoms with Gasteiger partial charge in [-0.05, 0) is 25.2 Å². The molecule has 0 aliphatic heterocycles. The number of sulfone groups is 1. The highest BCUT2D eigenvalue weighted by Crippen LogP contribution is 2.30. The molecule has 0 aromatic carbocycles. The van der Waals surface area contributed by atoms with E-state index in [-0.39, 0.29) is 16.6 Å². The van der Waals surface area contributed by atoms with Crippen LogP contribution in [0.3, 0.4) is 0 Å². The van der Waals surface area contributed by atoms with E-state index in [0.29, 0.717) is 5.75 Å². The maximum atomic E-state index is 11.7. The summed E-state index contributed by atoms with van der Waals surface area (Å²) in [6.45, 7) is 11.9. The molecule has 0 saturated heterocycles. The number of hydrogen-bond donors (Lipinski definition) is 0. The van der Waals surface area contributed by atoms with Crippen molar-refractivity contribution >= 4 is 9.84 Å². The lowest BCUT2D eigenvalue weighted by atomic mass is 9.80.